The quantitative estimate of drug-likeness (QED) is 0.622. The van der Waals surface area contributed by atoms with Crippen molar-refractivity contribution < 1.29 is 0 Å². The first-order chi connectivity index (χ1) is 7.45. The highest BCUT2D eigenvalue weighted by atomic mass is 32.1. The number of thiazole rings is 1. The van der Waals surface area contributed by atoms with Crippen LogP contribution in [0, 0.1) is 0 Å². The highest BCUT2D eigenvalue weighted by Gasteiger charge is 2.07. The molecule has 5 heteroatoms. The third-order valence-corrected chi connectivity index (χ3v) is 2.97. The summed E-state index contributed by atoms with van der Waals surface area (Å²) in [5.41, 5.74) is 3.82. The van der Waals surface area contributed by atoms with Crippen LogP contribution < -0.4 is 0 Å². The Bertz CT molecular complexity index is 590. The predicted octanol–water partition coefficient (Wildman–Crippen LogP) is 2.15. The van der Waals surface area contributed by atoms with Gasteiger partial charge in [0.1, 0.15) is 12.7 Å². The Morgan fingerprint density at radius 1 is 1.00 bits per heavy atom. The van der Waals surface area contributed by atoms with E-state index >= 15 is 0 Å². The lowest BCUT2D eigenvalue weighted by Gasteiger charge is -1.98. The van der Waals surface area contributed by atoms with Crippen LogP contribution in [0.2, 0.25) is 0 Å². The molecule has 0 bridgehead atoms. The molecule has 0 spiro atoms. The lowest BCUT2D eigenvalue weighted by atomic mass is 10.2. The molecule has 0 aliphatic carbocycles. The molecule has 0 N–H and O–H groups in total. The summed E-state index contributed by atoms with van der Waals surface area (Å²) in [6, 6.07) is 5.94. The summed E-state index contributed by atoms with van der Waals surface area (Å²) in [6.07, 6.45) is 3.00. The van der Waals surface area contributed by atoms with Crippen molar-refractivity contribution in [2.24, 2.45) is 0 Å². The molecular weight excluding hydrogens is 208 g/mol. The minimum absolute atomic E-state index is 0.694. The SMILES string of the molecule is c1cc(-c2ncncn2)c2scnc2c1. The minimum Gasteiger partial charge on any atom is -0.245 e. The van der Waals surface area contributed by atoms with E-state index in [0.29, 0.717) is 5.82 Å². The third kappa shape index (κ3) is 1.37. The van der Waals surface area contributed by atoms with Crippen LogP contribution in [0.3, 0.4) is 0 Å². The fraction of sp³-hybridized carbons (Fsp3) is 0. The molecule has 0 atom stereocenters. The molecule has 0 unspecified atom stereocenters. The van der Waals surface area contributed by atoms with Gasteiger partial charge in [-0.15, -0.1) is 11.3 Å². The number of aromatic nitrogens is 4. The number of fused-ring (bicyclic) bond motifs is 1. The highest BCUT2D eigenvalue weighted by Crippen LogP contribution is 2.28. The van der Waals surface area contributed by atoms with Gasteiger partial charge in [0.05, 0.1) is 15.7 Å². The van der Waals surface area contributed by atoms with E-state index in [-0.39, 0.29) is 0 Å². The average Bonchev–Trinajstić information content (AvgIpc) is 2.78. The highest BCUT2D eigenvalue weighted by molar-refractivity contribution is 7.17. The minimum atomic E-state index is 0.694. The molecule has 4 nitrogen and oxygen atoms in total. The van der Waals surface area contributed by atoms with Gasteiger partial charge in [0.2, 0.25) is 0 Å². The second-order valence-corrected chi connectivity index (χ2v) is 3.82. The molecule has 3 aromatic rings. The topological polar surface area (TPSA) is 51.6 Å². The van der Waals surface area contributed by atoms with Crippen LogP contribution in [-0.4, -0.2) is 19.9 Å². The third-order valence-electron chi connectivity index (χ3n) is 2.09. The van der Waals surface area contributed by atoms with E-state index in [9.17, 15) is 0 Å². The van der Waals surface area contributed by atoms with E-state index in [2.05, 4.69) is 19.9 Å². The first-order valence-electron chi connectivity index (χ1n) is 4.40. The van der Waals surface area contributed by atoms with Crippen molar-refractivity contribution in [3.8, 4) is 11.4 Å². The monoisotopic (exact) mass is 214 g/mol. The molecule has 1 aromatic carbocycles. The van der Waals surface area contributed by atoms with Gasteiger partial charge in [-0.1, -0.05) is 6.07 Å². The van der Waals surface area contributed by atoms with E-state index in [0.717, 1.165) is 15.8 Å². The maximum Gasteiger partial charge on any atom is 0.164 e. The van der Waals surface area contributed by atoms with Gasteiger partial charge in [-0.05, 0) is 12.1 Å². The Kier molecular flexibility index (Phi) is 1.89. The molecular formula is C10H6N4S. The van der Waals surface area contributed by atoms with Gasteiger partial charge in [0.25, 0.3) is 0 Å². The van der Waals surface area contributed by atoms with Crippen LogP contribution in [0.4, 0.5) is 0 Å². The number of hydrogen-bond donors (Lipinski definition) is 0. The largest absolute Gasteiger partial charge is 0.245 e. The fourth-order valence-electron chi connectivity index (χ4n) is 1.44. The first-order valence-corrected chi connectivity index (χ1v) is 5.28. The van der Waals surface area contributed by atoms with Gasteiger partial charge in [0.15, 0.2) is 5.82 Å². The number of rotatable bonds is 1. The average molecular weight is 214 g/mol. The van der Waals surface area contributed by atoms with Crippen molar-refractivity contribution >= 4 is 21.6 Å². The summed E-state index contributed by atoms with van der Waals surface area (Å²) in [5, 5.41) is 0. The van der Waals surface area contributed by atoms with Crippen LogP contribution in [0.5, 0.6) is 0 Å². The smallest absolute Gasteiger partial charge is 0.164 e. The molecule has 3 rings (SSSR count). The van der Waals surface area contributed by atoms with Crippen LogP contribution in [-0.2, 0) is 0 Å². The van der Waals surface area contributed by atoms with Crippen molar-refractivity contribution in [3.63, 3.8) is 0 Å². The normalized spacial score (nSPS) is 10.7. The van der Waals surface area contributed by atoms with Crippen molar-refractivity contribution in [3.05, 3.63) is 36.4 Å². The molecule has 72 valence electrons. The number of nitrogens with zero attached hydrogens (tertiary/aromatic N) is 4. The summed E-state index contributed by atoms with van der Waals surface area (Å²) in [6.45, 7) is 0. The summed E-state index contributed by atoms with van der Waals surface area (Å²) in [5.74, 6) is 0.694. The Balaban J connectivity index is 2.31. The Morgan fingerprint density at radius 2 is 1.87 bits per heavy atom. The zero-order chi connectivity index (χ0) is 10.1. The maximum atomic E-state index is 4.25. The number of hydrogen-bond acceptors (Lipinski definition) is 5. The van der Waals surface area contributed by atoms with Crippen molar-refractivity contribution in [2.45, 2.75) is 0 Å². The molecule has 15 heavy (non-hydrogen) atoms. The fourth-order valence-corrected chi connectivity index (χ4v) is 2.24. The summed E-state index contributed by atoms with van der Waals surface area (Å²) < 4.78 is 1.11. The molecule has 0 amide bonds. The lowest BCUT2D eigenvalue weighted by Crippen LogP contribution is -1.88. The molecule has 0 saturated carbocycles. The Morgan fingerprint density at radius 3 is 2.73 bits per heavy atom. The van der Waals surface area contributed by atoms with Crippen LogP contribution in [0.1, 0.15) is 0 Å². The van der Waals surface area contributed by atoms with E-state index < -0.39 is 0 Å². The molecule has 2 heterocycles. The van der Waals surface area contributed by atoms with Crippen molar-refractivity contribution in [2.75, 3.05) is 0 Å². The zero-order valence-corrected chi connectivity index (χ0v) is 8.48. The second-order valence-electron chi connectivity index (χ2n) is 2.97. The van der Waals surface area contributed by atoms with Gasteiger partial charge < -0.3 is 0 Å². The summed E-state index contributed by atoms with van der Waals surface area (Å²) in [4.78, 5) is 16.3. The van der Waals surface area contributed by atoms with E-state index in [1.165, 1.54) is 12.7 Å². The molecule has 0 aliphatic heterocycles. The standard InChI is InChI=1S/C10H6N4S/c1-2-7(10-12-4-11-5-13-10)9-8(3-1)14-6-15-9/h1-6H. The maximum absolute atomic E-state index is 4.25. The van der Waals surface area contributed by atoms with Gasteiger partial charge >= 0.3 is 0 Å². The van der Waals surface area contributed by atoms with Gasteiger partial charge in [-0.2, -0.15) is 0 Å². The zero-order valence-electron chi connectivity index (χ0n) is 7.66. The lowest BCUT2D eigenvalue weighted by molar-refractivity contribution is 1.06. The van der Waals surface area contributed by atoms with Crippen LogP contribution in [0.15, 0.2) is 36.4 Å². The van der Waals surface area contributed by atoms with Crippen molar-refractivity contribution in [1.29, 1.82) is 0 Å². The van der Waals surface area contributed by atoms with Gasteiger partial charge in [0, 0.05) is 5.56 Å². The Labute approximate surface area is 89.7 Å². The summed E-state index contributed by atoms with van der Waals surface area (Å²) in [7, 11) is 0. The van der Waals surface area contributed by atoms with Gasteiger partial charge in [-0.25, -0.2) is 19.9 Å². The van der Waals surface area contributed by atoms with Gasteiger partial charge in [-0.3, -0.25) is 0 Å². The molecule has 0 radical (unpaired) electrons. The van der Waals surface area contributed by atoms with Crippen molar-refractivity contribution in [1.82, 2.24) is 19.9 Å². The predicted molar refractivity (Wildman–Crippen MR) is 58.4 cm³/mol. The molecule has 0 fully saturated rings. The van der Waals surface area contributed by atoms with E-state index in [4.69, 9.17) is 0 Å². The molecule has 0 aliphatic rings. The van der Waals surface area contributed by atoms with Crippen LogP contribution in [0.25, 0.3) is 21.6 Å². The summed E-state index contributed by atoms with van der Waals surface area (Å²) >= 11 is 1.60. The van der Waals surface area contributed by atoms with Crippen LogP contribution >= 0.6 is 11.3 Å². The molecule has 0 saturated heterocycles. The Hall–Kier alpha value is -1.88. The second kappa shape index (κ2) is 3.36. The molecule has 2 aromatic heterocycles. The first kappa shape index (κ1) is 8.43. The number of benzene rings is 1. The van der Waals surface area contributed by atoms with E-state index in [1.54, 1.807) is 11.3 Å². The van der Waals surface area contributed by atoms with E-state index in [1.807, 2.05) is 23.7 Å².